The molecule has 0 atom stereocenters. The molecule has 0 radical (unpaired) electrons. The molecule has 1 aromatic heterocycles. The van der Waals surface area contributed by atoms with E-state index in [1.165, 1.54) is 6.07 Å². The fourth-order valence-electron chi connectivity index (χ4n) is 1.99. The molecule has 0 aromatic carbocycles. The van der Waals surface area contributed by atoms with E-state index in [0.29, 0.717) is 11.7 Å². The first-order chi connectivity index (χ1) is 8.44. The predicted molar refractivity (Wildman–Crippen MR) is 61.5 cm³/mol. The first kappa shape index (κ1) is 13.0. The van der Waals surface area contributed by atoms with Gasteiger partial charge in [0.25, 0.3) is 0 Å². The average molecular weight is 260 g/mol. The van der Waals surface area contributed by atoms with Gasteiger partial charge in [-0.1, -0.05) is 6.92 Å². The first-order valence-corrected chi connectivity index (χ1v) is 5.91. The zero-order chi connectivity index (χ0) is 13.2. The fourth-order valence-corrected chi connectivity index (χ4v) is 1.99. The number of hydrogen-bond acceptors (Lipinski definition) is 3. The number of pyridine rings is 1. The minimum atomic E-state index is -4.66. The van der Waals surface area contributed by atoms with Gasteiger partial charge in [0.2, 0.25) is 0 Å². The molecular formula is C12H15F3N2O. The number of rotatable bonds is 2. The van der Waals surface area contributed by atoms with Gasteiger partial charge in [-0.25, -0.2) is 4.98 Å². The summed E-state index contributed by atoms with van der Waals surface area (Å²) in [6.07, 6.45) is -1.38. The third-order valence-electron chi connectivity index (χ3n) is 3.06. The van der Waals surface area contributed by atoms with Gasteiger partial charge in [-0.15, -0.1) is 13.2 Å². The maximum atomic E-state index is 12.0. The predicted octanol–water partition coefficient (Wildman–Crippen LogP) is 3.22. The molecule has 2 heterocycles. The van der Waals surface area contributed by atoms with Crippen LogP contribution in [0.4, 0.5) is 19.0 Å². The highest BCUT2D eigenvalue weighted by atomic mass is 19.4. The SMILES string of the molecule is CC1CCN(c2ccc(OC(F)(F)F)cn2)CC1. The Labute approximate surface area is 104 Å². The monoisotopic (exact) mass is 260 g/mol. The van der Waals surface area contributed by atoms with Crippen LogP contribution in [0.1, 0.15) is 19.8 Å². The highest BCUT2D eigenvalue weighted by Gasteiger charge is 2.31. The number of aromatic nitrogens is 1. The van der Waals surface area contributed by atoms with Gasteiger partial charge in [0.15, 0.2) is 0 Å². The second kappa shape index (κ2) is 5.04. The maximum Gasteiger partial charge on any atom is 0.573 e. The van der Waals surface area contributed by atoms with Crippen molar-refractivity contribution in [2.24, 2.45) is 5.92 Å². The molecule has 0 bridgehead atoms. The average Bonchev–Trinajstić information content (AvgIpc) is 2.29. The number of halogens is 3. The molecule has 3 nitrogen and oxygen atoms in total. The van der Waals surface area contributed by atoms with E-state index >= 15 is 0 Å². The molecule has 2 rings (SSSR count). The second-order valence-corrected chi connectivity index (χ2v) is 4.57. The first-order valence-electron chi connectivity index (χ1n) is 5.91. The van der Waals surface area contributed by atoms with E-state index in [-0.39, 0.29) is 5.75 Å². The number of piperidine rings is 1. The van der Waals surface area contributed by atoms with Gasteiger partial charge in [0, 0.05) is 13.1 Å². The van der Waals surface area contributed by atoms with E-state index in [1.54, 1.807) is 6.07 Å². The Morgan fingerprint density at radius 3 is 2.44 bits per heavy atom. The largest absolute Gasteiger partial charge is 0.573 e. The van der Waals surface area contributed by atoms with E-state index in [2.05, 4.69) is 21.5 Å². The molecule has 0 saturated carbocycles. The molecule has 1 aliphatic heterocycles. The standard InChI is InChI=1S/C12H15F3N2O/c1-9-4-6-17(7-5-9)11-3-2-10(8-16-11)18-12(13,14)15/h2-3,8-9H,4-7H2,1H3. The number of alkyl halides is 3. The molecule has 0 unspecified atom stereocenters. The molecular weight excluding hydrogens is 245 g/mol. The van der Waals surface area contributed by atoms with Crippen molar-refractivity contribution in [2.75, 3.05) is 18.0 Å². The van der Waals surface area contributed by atoms with Crippen LogP contribution in [0.25, 0.3) is 0 Å². The zero-order valence-electron chi connectivity index (χ0n) is 10.1. The van der Waals surface area contributed by atoms with Crippen LogP contribution in [0.3, 0.4) is 0 Å². The summed E-state index contributed by atoms with van der Waals surface area (Å²) >= 11 is 0. The lowest BCUT2D eigenvalue weighted by Crippen LogP contribution is -2.33. The highest BCUT2D eigenvalue weighted by Crippen LogP contribution is 2.25. The molecule has 0 aliphatic carbocycles. The summed E-state index contributed by atoms with van der Waals surface area (Å²) in [7, 11) is 0. The van der Waals surface area contributed by atoms with Crippen LogP contribution in [0.5, 0.6) is 5.75 Å². The van der Waals surface area contributed by atoms with Crippen molar-refractivity contribution in [3.63, 3.8) is 0 Å². The molecule has 0 amide bonds. The van der Waals surface area contributed by atoms with Crippen molar-refractivity contribution in [3.05, 3.63) is 18.3 Å². The smallest absolute Gasteiger partial charge is 0.404 e. The second-order valence-electron chi connectivity index (χ2n) is 4.57. The van der Waals surface area contributed by atoms with Gasteiger partial charge in [0.05, 0.1) is 6.20 Å². The minimum Gasteiger partial charge on any atom is -0.404 e. The summed E-state index contributed by atoms with van der Waals surface area (Å²) in [5.74, 6) is 1.13. The van der Waals surface area contributed by atoms with Crippen molar-refractivity contribution in [2.45, 2.75) is 26.1 Å². The van der Waals surface area contributed by atoms with Crippen LogP contribution >= 0.6 is 0 Å². The lowest BCUT2D eigenvalue weighted by molar-refractivity contribution is -0.274. The Balaban J connectivity index is 1.99. The lowest BCUT2D eigenvalue weighted by Gasteiger charge is -2.31. The van der Waals surface area contributed by atoms with Crippen molar-refractivity contribution < 1.29 is 17.9 Å². The highest BCUT2D eigenvalue weighted by molar-refractivity contribution is 5.41. The molecule has 18 heavy (non-hydrogen) atoms. The normalized spacial score (nSPS) is 17.9. The molecule has 0 N–H and O–H groups in total. The van der Waals surface area contributed by atoms with Gasteiger partial charge in [0.1, 0.15) is 11.6 Å². The van der Waals surface area contributed by atoms with Crippen LogP contribution in [0.15, 0.2) is 18.3 Å². The van der Waals surface area contributed by atoms with Crippen molar-refractivity contribution in [1.29, 1.82) is 0 Å². The van der Waals surface area contributed by atoms with Crippen LogP contribution in [-0.4, -0.2) is 24.4 Å². The Morgan fingerprint density at radius 1 is 1.28 bits per heavy atom. The molecule has 100 valence electrons. The molecule has 1 fully saturated rings. The Bertz CT molecular complexity index is 383. The number of ether oxygens (including phenoxy) is 1. The summed E-state index contributed by atoms with van der Waals surface area (Å²) in [5, 5.41) is 0. The Hall–Kier alpha value is -1.46. The van der Waals surface area contributed by atoms with Crippen molar-refractivity contribution >= 4 is 5.82 Å². The molecule has 1 saturated heterocycles. The van der Waals surface area contributed by atoms with E-state index < -0.39 is 6.36 Å². The number of nitrogens with zero attached hydrogens (tertiary/aromatic N) is 2. The quantitative estimate of drug-likeness (QED) is 0.816. The van der Waals surface area contributed by atoms with E-state index in [9.17, 15) is 13.2 Å². The van der Waals surface area contributed by atoms with Crippen molar-refractivity contribution in [1.82, 2.24) is 4.98 Å². The Morgan fingerprint density at radius 2 is 1.94 bits per heavy atom. The topological polar surface area (TPSA) is 25.4 Å². The third kappa shape index (κ3) is 3.51. The van der Waals surface area contributed by atoms with E-state index in [4.69, 9.17) is 0 Å². The summed E-state index contributed by atoms with van der Waals surface area (Å²) in [6, 6.07) is 2.87. The van der Waals surface area contributed by atoms with Crippen molar-refractivity contribution in [3.8, 4) is 5.75 Å². The lowest BCUT2D eigenvalue weighted by atomic mass is 9.99. The number of hydrogen-bond donors (Lipinski definition) is 0. The molecule has 0 spiro atoms. The molecule has 1 aliphatic rings. The maximum absolute atomic E-state index is 12.0. The van der Waals surface area contributed by atoms with Crippen LogP contribution < -0.4 is 9.64 Å². The molecule has 1 aromatic rings. The summed E-state index contributed by atoms with van der Waals surface area (Å²) in [4.78, 5) is 6.09. The summed E-state index contributed by atoms with van der Waals surface area (Å²) in [6.45, 7) is 3.99. The Kier molecular flexibility index (Phi) is 3.63. The van der Waals surface area contributed by atoms with Gasteiger partial charge in [-0.3, -0.25) is 0 Å². The van der Waals surface area contributed by atoms with Gasteiger partial charge >= 0.3 is 6.36 Å². The minimum absolute atomic E-state index is 0.281. The number of anilines is 1. The van der Waals surface area contributed by atoms with Gasteiger partial charge < -0.3 is 9.64 Å². The van der Waals surface area contributed by atoms with E-state index in [1.807, 2.05) is 0 Å². The van der Waals surface area contributed by atoms with E-state index in [0.717, 1.165) is 32.1 Å². The summed E-state index contributed by atoms with van der Waals surface area (Å²) in [5.41, 5.74) is 0. The van der Waals surface area contributed by atoms with Crippen LogP contribution in [0.2, 0.25) is 0 Å². The van der Waals surface area contributed by atoms with Gasteiger partial charge in [-0.2, -0.15) is 0 Å². The van der Waals surface area contributed by atoms with Crippen LogP contribution in [-0.2, 0) is 0 Å². The zero-order valence-corrected chi connectivity index (χ0v) is 10.1. The summed E-state index contributed by atoms with van der Waals surface area (Å²) < 4.78 is 39.7. The fraction of sp³-hybridized carbons (Fsp3) is 0.583. The van der Waals surface area contributed by atoms with Crippen LogP contribution in [0, 0.1) is 5.92 Å². The molecule has 6 heteroatoms. The third-order valence-corrected chi connectivity index (χ3v) is 3.06. The van der Waals surface area contributed by atoms with Gasteiger partial charge in [-0.05, 0) is 30.9 Å².